The summed E-state index contributed by atoms with van der Waals surface area (Å²) in [7, 11) is 0. The van der Waals surface area contributed by atoms with Crippen molar-refractivity contribution in [2.45, 2.75) is 13.8 Å². The summed E-state index contributed by atoms with van der Waals surface area (Å²) >= 11 is 0. The highest BCUT2D eigenvalue weighted by molar-refractivity contribution is 6.00. The number of nitrogens with zero attached hydrogens (tertiary/aromatic N) is 3. The molecule has 5 nitrogen and oxygen atoms in total. The number of ether oxygens (including phenoxy) is 1. The monoisotopic (exact) mass is 451 g/mol. The zero-order valence-corrected chi connectivity index (χ0v) is 19.7. The van der Waals surface area contributed by atoms with Gasteiger partial charge in [0.15, 0.2) is 0 Å². The van der Waals surface area contributed by atoms with Crippen molar-refractivity contribution in [3.8, 4) is 17.0 Å². The van der Waals surface area contributed by atoms with Crippen molar-refractivity contribution < 1.29 is 9.53 Å². The second-order valence-corrected chi connectivity index (χ2v) is 8.65. The average Bonchev–Trinajstić information content (AvgIpc) is 2.89. The Labute approximate surface area is 200 Å². The predicted octanol–water partition coefficient (Wildman–Crippen LogP) is 5.57. The number of amides is 1. The lowest BCUT2D eigenvalue weighted by molar-refractivity contribution is 0.0747. The summed E-state index contributed by atoms with van der Waals surface area (Å²) in [5, 5.41) is 0.867. The van der Waals surface area contributed by atoms with Crippen molar-refractivity contribution in [1.82, 2.24) is 9.88 Å². The van der Waals surface area contributed by atoms with E-state index in [2.05, 4.69) is 60.4 Å². The fourth-order valence-electron chi connectivity index (χ4n) is 4.46. The Kier molecular flexibility index (Phi) is 6.17. The Bertz CT molecular complexity index is 1290. The molecule has 1 aliphatic heterocycles. The van der Waals surface area contributed by atoms with Gasteiger partial charge in [0.25, 0.3) is 5.91 Å². The smallest absolute Gasteiger partial charge is 0.254 e. The van der Waals surface area contributed by atoms with Gasteiger partial charge in [-0.1, -0.05) is 48.0 Å². The first kappa shape index (κ1) is 22.0. The highest BCUT2D eigenvalue weighted by atomic mass is 16.5. The van der Waals surface area contributed by atoms with Gasteiger partial charge < -0.3 is 14.5 Å². The Morgan fingerprint density at radius 3 is 2.35 bits per heavy atom. The molecule has 0 saturated carbocycles. The summed E-state index contributed by atoms with van der Waals surface area (Å²) < 4.78 is 5.98. The van der Waals surface area contributed by atoms with E-state index in [0.717, 1.165) is 41.0 Å². The number of carbonyl (C=O) groups excluding carboxylic acids is 1. The van der Waals surface area contributed by atoms with Gasteiger partial charge in [0.1, 0.15) is 5.75 Å². The lowest BCUT2D eigenvalue weighted by atomic mass is 10.0. The van der Waals surface area contributed by atoms with E-state index in [1.807, 2.05) is 42.2 Å². The highest BCUT2D eigenvalue weighted by Crippen LogP contribution is 2.31. The molecule has 1 saturated heterocycles. The molecule has 172 valence electrons. The molecule has 4 aromatic rings. The molecule has 5 rings (SSSR count). The van der Waals surface area contributed by atoms with E-state index in [4.69, 9.17) is 9.72 Å². The Morgan fingerprint density at radius 2 is 1.65 bits per heavy atom. The molecule has 0 radical (unpaired) electrons. The van der Waals surface area contributed by atoms with Crippen molar-refractivity contribution in [3.63, 3.8) is 0 Å². The van der Waals surface area contributed by atoms with Crippen LogP contribution in [0.5, 0.6) is 5.75 Å². The van der Waals surface area contributed by atoms with Crippen LogP contribution >= 0.6 is 0 Å². The number of hydrogen-bond donors (Lipinski definition) is 0. The Morgan fingerprint density at radius 1 is 0.912 bits per heavy atom. The average molecular weight is 452 g/mol. The molecule has 0 bridgehead atoms. The zero-order valence-electron chi connectivity index (χ0n) is 19.7. The number of pyridine rings is 1. The van der Waals surface area contributed by atoms with Crippen molar-refractivity contribution in [1.29, 1.82) is 0 Å². The number of benzene rings is 3. The molecule has 3 aromatic carbocycles. The Hall–Kier alpha value is -3.86. The van der Waals surface area contributed by atoms with Gasteiger partial charge in [0, 0.05) is 54.4 Å². The van der Waals surface area contributed by atoms with Crippen LogP contribution < -0.4 is 9.64 Å². The number of fused-ring (bicyclic) bond motifs is 1. The van der Waals surface area contributed by atoms with Gasteiger partial charge in [0.2, 0.25) is 0 Å². The molecule has 0 N–H and O–H groups in total. The first-order chi connectivity index (χ1) is 16.6. The van der Waals surface area contributed by atoms with Gasteiger partial charge >= 0.3 is 0 Å². The van der Waals surface area contributed by atoms with Crippen molar-refractivity contribution in [2.24, 2.45) is 0 Å². The van der Waals surface area contributed by atoms with E-state index >= 15 is 0 Å². The van der Waals surface area contributed by atoms with Crippen LogP contribution in [0.25, 0.3) is 22.2 Å². The molecule has 1 aromatic heterocycles. The molecule has 5 heteroatoms. The standard InChI is InChI=1S/C29H29N3O2/c1-3-34-28-20-27(22-11-9-21(2)10-12-22)30-26-14-13-23(19-25(26)28)29(33)32-17-15-31(16-18-32)24-7-5-4-6-8-24/h4-14,19-20H,3,15-18H2,1-2H3. The van der Waals surface area contributed by atoms with Crippen molar-refractivity contribution in [2.75, 3.05) is 37.7 Å². The van der Waals surface area contributed by atoms with Gasteiger partial charge in [-0.05, 0) is 44.2 Å². The number of hydrogen-bond acceptors (Lipinski definition) is 4. The third kappa shape index (κ3) is 4.46. The molecule has 0 aliphatic carbocycles. The zero-order chi connectivity index (χ0) is 23.5. The summed E-state index contributed by atoms with van der Waals surface area (Å²) in [6, 6.07) is 26.4. The number of rotatable bonds is 5. The van der Waals surface area contributed by atoms with E-state index in [-0.39, 0.29) is 5.91 Å². The van der Waals surface area contributed by atoms with Crippen LogP contribution in [0.15, 0.2) is 78.9 Å². The number of carbonyl (C=O) groups is 1. The van der Waals surface area contributed by atoms with Crippen LogP contribution in [0, 0.1) is 6.92 Å². The molecule has 0 unspecified atom stereocenters. The SMILES string of the molecule is CCOc1cc(-c2ccc(C)cc2)nc2ccc(C(=O)N3CCN(c4ccccc4)CC3)cc12. The van der Waals surface area contributed by atoms with Gasteiger partial charge in [0.05, 0.1) is 17.8 Å². The fourth-order valence-corrected chi connectivity index (χ4v) is 4.46. The molecule has 1 fully saturated rings. The Balaban J connectivity index is 1.40. The van der Waals surface area contributed by atoms with E-state index in [1.165, 1.54) is 11.3 Å². The van der Waals surface area contributed by atoms with Crippen LogP contribution in [0.4, 0.5) is 5.69 Å². The summed E-state index contributed by atoms with van der Waals surface area (Å²) in [6.07, 6.45) is 0. The second kappa shape index (κ2) is 9.56. The number of anilines is 1. The summed E-state index contributed by atoms with van der Waals surface area (Å²) in [4.78, 5) is 22.5. The maximum atomic E-state index is 13.3. The van der Waals surface area contributed by atoms with Crippen LogP contribution in [-0.2, 0) is 0 Å². The predicted molar refractivity (Wildman–Crippen MR) is 138 cm³/mol. The van der Waals surface area contributed by atoms with Crippen LogP contribution in [-0.4, -0.2) is 48.6 Å². The molecular weight excluding hydrogens is 422 g/mol. The summed E-state index contributed by atoms with van der Waals surface area (Å²) in [5.74, 6) is 0.811. The molecular formula is C29H29N3O2. The molecule has 0 spiro atoms. The number of aromatic nitrogens is 1. The third-order valence-electron chi connectivity index (χ3n) is 6.35. The summed E-state index contributed by atoms with van der Waals surface area (Å²) in [6.45, 7) is 7.65. The molecule has 1 aliphatic rings. The van der Waals surface area contributed by atoms with E-state index in [0.29, 0.717) is 25.3 Å². The van der Waals surface area contributed by atoms with E-state index in [9.17, 15) is 4.79 Å². The first-order valence-electron chi connectivity index (χ1n) is 11.9. The minimum Gasteiger partial charge on any atom is -0.493 e. The summed E-state index contributed by atoms with van der Waals surface area (Å²) in [5.41, 5.74) is 5.83. The number of aryl methyl sites for hydroxylation is 1. The van der Waals surface area contributed by atoms with Gasteiger partial charge in [-0.3, -0.25) is 4.79 Å². The molecule has 2 heterocycles. The minimum atomic E-state index is 0.0553. The highest BCUT2D eigenvalue weighted by Gasteiger charge is 2.23. The van der Waals surface area contributed by atoms with Crippen molar-refractivity contribution in [3.05, 3.63) is 90.0 Å². The lowest BCUT2D eigenvalue weighted by Gasteiger charge is -2.36. The topological polar surface area (TPSA) is 45.7 Å². The maximum Gasteiger partial charge on any atom is 0.254 e. The van der Waals surface area contributed by atoms with Gasteiger partial charge in [-0.15, -0.1) is 0 Å². The van der Waals surface area contributed by atoms with E-state index in [1.54, 1.807) is 0 Å². The van der Waals surface area contributed by atoms with Gasteiger partial charge in [-0.2, -0.15) is 0 Å². The lowest BCUT2D eigenvalue weighted by Crippen LogP contribution is -2.48. The number of piperazine rings is 1. The maximum absolute atomic E-state index is 13.3. The largest absolute Gasteiger partial charge is 0.493 e. The minimum absolute atomic E-state index is 0.0553. The molecule has 1 amide bonds. The fraction of sp³-hybridized carbons (Fsp3) is 0.241. The van der Waals surface area contributed by atoms with Crippen LogP contribution in [0.2, 0.25) is 0 Å². The molecule has 34 heavy (non-hydrogen) atoms. The first-order valence-corrected chi connectivity index (χ1v) is 11.9. The third-order valence-corrected chi connectivity index (χ3v) is 6.35. The van der Waals surface area contributed by atoms with Gasteiger partial charge in [-0.25, -0.2) is 4.98 Å². The van der Waals surface area contributed by atoms with Crippen LogP contribution in [0.1, 0.15) is 22.8 Å². The second-order valence-electron chi connectivity index (χ2n) is 8.65. The van der Waals surface area contributed by atoms with E-state index < -0.39 is 0 Å². The van der Waals surface area contributed by atoms with Crippen LogP contribution in [0.3, 0.4) is 0 Å². The number of para-hydroxylation sites is 1. The quantitative estimate of drug-likeness (QED) is 0.398. The normalized spacial score (nSPS) is 13.8. The van der Waals surface area contributed by atoms with Crippen molar-refractivity contribution >= 4 is 22.5 Å². The molecule has 0 atom stereocenters.